The lowest BCUT2D eigenvalue weighted by atomic mass is 10.1. The molecule has 0 aliphatic rings. The van der Waals surface area contributed by atoms with Gasteiger partial charge in [0.25, 0.3) is 0 Å². The molecule has 88 valence electrons. The van der Waals surface area contributed by atoms with Gasteiger partial charge in [0, 0.05) is 12.1 Å². The van der Waals surface area contributed by atoms with Crippen molar-refractivity contribution in [1.29, 1.82) is 0 Å². The first-order valence-electron chi connectivity index (χ1n) is 5.09. The summed E-state index contributed by atoms with van der Waals surface area (Å²) in [6, 6.07) is 5.92. The highest BCUT2D eigenvalue weighted by Gasteiger charge is 2.16. The Labute approximate surface area is 97.1 Å². The number of aryl methyl sites for hydroxylation is 1. The lowest BCUT2D eigenvalue weighted by Crippen LogP contribution is -2.02. The van der Waals surface area contributed by atoms with E-state index in [9.17, 15) is 9.18 Å². The topological polar surface area (TPSA) is 66.0 Å². The maximum absolute atomic E-state index is 12.7. The number of rotatable bonds is 3. The van der Waals surface area contributed by atoms with Gasteiger partial charge in [-0.3, -0.25) is 5.10 Å². The Balaban J connectivity index is 2.30. The number of nitrogens with one attached hydrogen (secondary N) is 1. The van der Waals surface area contributed by atoms with Crippen LogP contribution in [0.15, 0.2) is 24.3 Å². The number of carboxylic acids is 1. The van der Waals surface area contributed by atoms with Gasteiger partial charge in [-0.25, -0.2) is 9.18 Å². The minimum absolute atomic E-state index is 0.189. The number of benzene rings is 1. The van der Waals surface area contributed by atoms with E-state index in [-0.39, 0.29) is 11.4 Å². The average Bonchev–Trinajstić information content (AvgIpc) is 2.63. The van der Waals surface area contributed by atoms with Gasteiger partial charge in [0.05, 0.1) is 5.69 Å². The van der Waals surface area contributed by atoms with Crippen molar-refractivity contribution in [3.8, 4) is 0 Å². The standard InChI is InChI=1S/C12H11FN2O2/c1-7-11(12(16)17)10(15-14-7)6-8-2-4-9(13)5-3-8/h2-5H,6H2,1H3,(H,14,15)(H,16,17). The molecule has 0 saturated carbocycles. The fraction of sp³-hybridized carbons (Fsp3) is 0.167. The van der Waals surface area contributed by atoms with Crippen LogP contribution in [0.3, 0.4) is 0 Å². The maximum atomic E-state index is 12.7. The Morgan fingerprint density at radius 2 is 2.06 bits per heavy atom. The van der Waals surface area contributed by atoms with E-state index < -0.39 is 5.97 Å². The molecule has 0 amide bonds. The number of aromatic carboxylic acids is 1. The van der Waals surface area contributed by atoms with Gasteiger partial charge in [0.1, 0.15) is 11.4 Å². The molecule has 0 bridgehead atoms. The number of H-pyrrole nitrogens is 1. The first-order chi connectivity index (χ1) is 8.08. The van der Waals surface area contributed by atoms with E-state index in [4.69, 9.17) is 5.11 Å². The van der Waals surface area contributed by atoms with Gasteiger partial charge in [-0.2, -0.15) is 5.10 Å². The molecule has 2 aromatic rings. The van der Waals surface area contributed by atoms with Gasteiger partial charge < -0.3 is 5.11 Å². The number of nitrogens with zero attached hydrogens (tertiary/aromatic N) is 1. The fourth-order valence-electron chi connectivity index (χ4n) is 1.69. The minimum Gasteiger partial charge on any atom is -0.478 e. The Hall–Kier alpha value is -2.17. The summed E-state index contributed by atoms with van der Waals surface area (Å²) in [4.78, 5) is 11.0. The van der Waals surface area contributed by atoms with Gasteiger partial charge >= 0.3 is 5.97 Å². The van der Waals surface area contributed by atoms with Gasteiger partial charge in [-0.1, -0.05) is 12.1 Å². The van der Waals surface area contributed by atoms with Crippen molar-refractivity contribution in [2.24, 2.45) is 0 Å². The molecule has 1 heterocycles. The molecule has 0 radical (unpaired) electrons. The molecule has 0 aliphatic carbocycles. The molecule has 1 aromatic carbocycles. The van der Waals surface area contributed by atoms with Crippen molar-refractivity contribution in [3.63, 3.8) is 0 Å². The highest BCUT2D eigenvalue weighted by molar-refractivity contribution is 5.90. The highest BCUT2D eigenvalue weighted by Crippen LogP contribution is 2.15. The zero-order valence-electron chi connectivity index (χ0n) is 9.20. The zero-order valence-corrected chi connectivity index (χ0v) is 9.20. The number of aromatic nitrogens is 2. The molecule has 0 aliphatic heterocycles. The molecule has 0 spiro atoms. The van der Waals surface area contributed by atoms with Crippen LogP contribution in [-0.2, 0) is 6.42 Å². The summed E-state index contributed by atoms with van der Waals surface area (Å²) in [6.45, 7) is 1.66. The monoisotopic (exact) mass is 234 g/mol. The Kier molecular flexibility index (Phi) is 2.91. The molecular formula is C12H11FN2O2. The molecule has 2 rings (SSSR count). The summed E-state index contributed by atoms with van der Waals surface area (Å²) in [5.41, 5.74) is 1.99. The second-order valence-corrected chi connectivity index (χ2v) is 3.78. The molecule has 4 nitrogen and oxygen atoms in total. The number of aromatic amines is 1. The van der Waals surface area contributed by atoms with Crippen molar-refractivity contribution < 1.29 is 14.3 Å². The van der Waals surface area contributed by atoms with Crippen molar-refractivity contribution in [1.82, 2.24) is 10.2 Å². The summed E-state index contributed by atoms with van der Waals surface area (Å²) in [5, 5.41) is 15.6. The zero-order chi connectivity index (χ0) is 12.4. The normalized spacial score (nSPS) is 10.5. The fourth-order valence-corrected chi connectivity index (χ4v) is 1.69. The molecule has 5 heteroatoms. The summed E-state index contributed by atoms with van der Waals surface area (Å²) in [5.74, 6) is -1.32. The first-order valence-corrected chi connectivity index (χ1v) is 5.09. The van der Waals surface area contributed by atoms with Gasteiger partial charge in [-0.05, 0) is 24.6 Å². The smallest absolute Gasteiger partial charge is 0.339 e. The van der Waals surface area contributed by atoms with E-state index in [0.29, 0.717) is 17.8 Å². The predicted molar refractivity (Wildman–Crippen MR) is 59.5 cm³/mol. The largest absolute Gasteiger partial charge is 0.478 e. The van der Waals surface area contributed by atoms with E-state index in [0.717, 1.165) is 5.56 Å². The van der Waals surface area contributed by atoms with Crippen LogP contribution in [0.1, 0.15) is 27.3 Å². The second-order valence-electron chi connectivity index (χ2n) is 3.78. The molecule has 0 atom stereocenters. The van der Waals surface area contributed by atoms with Crippen molar-refractivity contribution >= 4 is 5.97 Å². The molecule has 2 N–H and O–H groups in total. The minimum atomic E-state index is -1.01. The van der Waals surface area contributed by atoms with E-state index in [1.165, 1.54) is 12.1 Å². The van der Waals surface area contributed by atoms with Crippen LogP contribution < -0.4 is 0 Å². The van der Waals surface area contributed by atoms with Crippen LogP contribution in [0.4, 0.5) is 4.39 Å². The highest BCUT2D eigenvalue weighted by atomic mass is 19.1. The summed E-state index contributed by atoms with van der Waals surface area (Å²) < 4.78 is 12.7. The predicted octanol–water partition coefficient (Wildman–Crippen LogP) is 2.15. The summed E-state index contributed by atoms with van der Waals surface area (Å²) in [6.07, 6.45) is 0.367. The Bertz CT molecular complexity index is 546. The van der Waals surface area contributed by atoms with E-state index >= 15 is 0 Å². The third-order valence-electron chi connectivity index (χ3n) is 2.52. The lowest BCUT2D eigenvalue weighted by molar-refractivity contribution is 0.0695. The van der Waals surface area contributed by atoms with Crippen LogP contribution in [0.5, 0.6) is 0 Å². The number of hydrogen-bond donors (Lipinski definition) is 2. The second kappa shape index (κ2) is 4.37. The molecule has 17 heavy (non-hydrogen) atoms. The SMILES string of the molecule is Cc1[nH]nc(Cc2ccc(F)cc2)c1C(=O)O. The van der Waals surface area contributed by atoms with Crippen LogP contribution in [0.25, 0.3) is 0 Å². The van der Waals surface area contributed by atoms with Crippen LogP contribution in [0.2, 0.25) is 0 Å². The maximum Gasteiger partial charge on any atom is 0.339 e. The molecule has 1 aromatic heterocycles. The molecule has 0 saturated heterocycles. The summed E-state index contributed by atoms with van der Waals surface area (Å²) >= 11 is 0. The van der Waals surface area contributed by atoms with Gasteiger partial charge in [-0.15, -0.1) is 0 Å². The lowest BCUT2D eigenvalue weighted by Gasteiger charge is -2.00. The molecular weight excluding hydrogens is 223 g/mol. The number of hydrogen-bond acceptors (Lipinski definition) is 2. The van der Waals surface area contributed by atoms with E-state index in [2.05, 4.69) is 10.2 Å². The van der Waals surface area contributed by atoms with Gasteiger partial charge in [0.2, 0.25) is 0 Å². The van der Waals surface area contributed by atoms with E-state index in [1.54, 1.807) is 19.1 Å². The quantitative estimate of drug-likeness (QED) is 0.855. The average molecular weight is 234 g/mol. The Morgan fingerprint density at radius 3 is 2.65 bits per heavy atom. The van der Waals surface area contributed by atoms with Crippen LogP contribution in [-0.4, -0.2) is 21.3 Å². The first kappa shape index (κ1) is 11.3. The Morgan fingerprint density at radius 1 is 1.41 bits per heavy atom. The summed E-state index contributed by atoms with van der Waals surface area (Å²) in [7, 11) is 0. The third kappa shape index (κ3) is 2.33. The van der Waals surface area contributed by atoms with Crippen molar-refractivity contribution in [3.05, 3.63) is 52.6 Å². The number of carboxylic acid groups (broad SMARTS) is 1. The third-order valence-corrected chi connectivity index (χ3v) is 2.52. The molecule has 0 unspecified atom stereocenters. The molecule has 0 fully saturated rings. The van der Waals surface area contributed by atoms with Crippen molar-refractivity contribution in [2.45, 2.75) is 13.3 Å². The number of halogens is 1. The number of carbonyl (C=O) groups is 1. The van der Waals surface area contributed by atoms with E-state index in [1.807, 2.05) is 0 Å². The van der Waals surface area contributed by atoms with Gasteiger partial charge in [0.15, 0.2) is 0 Å². The van der Waals surface area contributed by atoms with Crippen molar-refractivity contribution in [2.75, 3.05) is 0 Å². The van der Waals surface area contributed by atoms with Crippen LogP contribution >= 0.6 is 0 Å². The van der Waals surface area contributed by atoms with Crippen LogP contribution in [0, 0.1) is 12.7 Å².